The largest absolute Gasteiger partial charge is 0.398 e. The lowest BCUT2D eigenvalue weighted by Gasteiger charge is -2.26. The summed E-state index contributed by atoms with van der Waals surface area (Å²) >= 11 is 1.85. The number of thiophene rings is 1. The normalized spacial score (nSPS) is 11.6. The van der Waals surface area contributed by atoms with Gasteiger partial charge in [0.1, 0.15) is 0 Å². The molecule has 0 saturated carbocycles. The number of fused-ring (bicyclic) bond motifs is 6. The van der Waals surface area contributed by atoms with E-state index in [0.717, 1.165) is 50.2 Å². The Morgan fingerprint density at radius 1 is 0.457 bits per heavy atom. The molecule has 0 bridgehead atoms. The third kappa shape index (κ3) is 4.26. The summed E-state index contributed by atoms with van der Waals surface area (Å²) in [5.41, 5.74) is 16.4. The minimum absolute atomic E-state index is 0.797. The highest BCUT2D eigenvalue weighted by Crippen LogP contribution is 2.42. The fourth-order valence-corrected chi connectivity index (χ4v) is 7.90. The Hall–Kier alpha value is -5.84. The molecule has 0 aliphatic rings. The van der Waals surface area contributed by atoms with Crippen molar-refractivity contribution in [2.45, 2.75) is 0 Å². The van der Waals surface area contributed by atoms with Crippen molar-refractivity contribution < 1.29 is 0 Å². The monoisotopic (exact) mass is 607 g/mol. The van der Waals surface area contributed by atoms with Gasteiger partial charge in [0.2, 0.25) is 0 Å². The maximum atomic E-state index is 6.50. The third-order valence-electron chi connectivity index (χ3n) is 8.95. The van der Waals surface area contributed by atoms with Crippen LogP contribution >= 0.6 is 11.3 Å². The Morgan fingerprint density at radius 2 is 1.07 bits per heavy atom. The van der Waals surface area contributed by atoms with Crippen LogP contribution in [0.15, 0.2) is 164 Å². The molecular formula is C42H29N3S. The zero-order chi connectivity index (χ0) is 30.6. The number of benzene rings is 7. The average Bonchev–Trinajstić information content (AvgIpc) is 3.66. The van der Waals surface area contributed by atoms with Crippen molar-refractivity contribution >= 4 is 76.1 Å². The first-order chi connectivity index (χ1) is 22.7. The minimum Gasteiger partial charge on any atom is -0.398 e. The van der Waals surface area contributed by atoms with E-state index in [-0.39, 0.29) is 0 Å². The molecule has 3 nitrogen and oxygen atoms in total. The fraction of sp³-hybridized carbons (Fsp3) is 0. The van der Waals surface area contributed by atoms with Crippen molar-refractivity contribution in [3.05, 3.63) is 164 Å². The van der Waals surface area contributed by atoms with Crippen molar-refractivity contribution in [3.63, 3.8) is 0 Å². The van der Waals surface area contributed by atoms with Crippen LogP contribution in [0.3, 0.4) is 0 Å². The summed E-state index contributed by atoms with van der Waals surface area (Å²) in [6, 6.07) is 58.5. The SMILES string of the molecule is Nc1cccc2c1c1ccccc1n2-c1ccc(N(c2ccc(-c3ccccc3)cc2)c2ccc3sc4ccccc4c3c2)cc1. The molecule has 46 heavy (non-hydrogen) atoms. The van der Waals surface area contributed by atoms with Crippen LogP contribution in [0, 0.1) is 0 Å². The van der Waals surface area contributed by atoms with Gasteiger partial charge in [-0.25, -0.2) is 0 Å². The molecule has 0 spiro atoms. The molecule has 0 atom stereocenters. The highest BCUT2D eigenvalue weighted by molar-refractivity contribution is 7.25. The smallest absolute Gasteiger partial charge is 0.0561 e. The van der Waals surface area contributed by atoms with E-state index in [1.807, 2.05) is 23.5 Å². The maximum Gasteiger partial charge on any atom is 0.0561 e. The van der Waals surface area contributed by atoms with Gasteiger partial charge in [0, 0.05) is 59.4 Å². The first-order valence-electron chi connectivity index (χ1n) is 15.5. The van der Waals surface area contributed by atoms with Gasteiger partial charge in [0.15, 0.2) is 0 Å². The number of rotatable bonds is 5. The second-order valence-corrected chi connectivity index (χ2v) is 12.7. The van der Waals surface area contributed by atoms with Gasteiger partial charge in [-0.1, -0.05) is 84.9 Å². The summed E-state index contributed by atoms with van der Waals surface area (Å²) in [6.07, 6.45) is 0. The number of nitrogens with two attached hydrogens (primary N) is 1. The van der Waals surface area contributed by atoms with Crippen LogP contribution in [0.25, 0.3) is 58.8 Å². The molecule has 2 aromatic heterocycles. The summed E-state index contributed by atoms with van der Waals surface area (Å²) < 4.78 is 4.92. The first-order valence-corrected chi connectivity index (χ1v) is 16.3. The molecule has 0 radical (unpaired) electrons. The molecule has 2 heterocycles. The molecule has 218 valence electrons. The van der Waals surface area contributed by atoms with Gasteiger partial charge in [-0.05, 0) is 90.0 Å². The molecule has 0 saturated heterocycles. The lowest BCUT2D eigenvalue weighted by molar-refractivity contribution is 1.17. The Bertz CT molecular complexity index is 2520. The zero-order valence-electron chi connectivity index (χ0n) is 25.0. The van der Waals surface area contributed by atoms with Crippen molar-refractivity contribution in [1.82, 2.24) is 4.57 Å². The van der Waals surface area contributed by atoms with Gasteiger partial charge in [0.05, 0.1) is 11.0 Å². The van der Waals surface area contributed by atoms with Crippen LogP contribution in [-0.4, -0.2) is 4.57 Å². The van der Waals surface area contributed by atoms with Gasteiger partial charge in [-0.3, -0.25) is 0 Å². The maximum absolute atomic E-state index is 6.50. The Kier molecular flexibility index (Phi) is 6.15. The highest BCUT2D eigenvalue weighted by atomic mass is 32.1. The van der Waals surface area contributed by atoms with E-state index in [1.165, 1.54) is 31.3 Å². The minimum atomic E-state index is 0.797. The number of hydrogen-bond acceptors (Lipinski definition) is 3. The molecule has 2 N–H and O–H groups in total. The molecule has 0 fully saturated rings. The molecule has 4 heteroatoms. The van der Waals surface area contributed by atoms with Crippen molar-refractivity contribution in [1.29, 1.82) is 0 Å². The van der Waals surface area contributed by atoms with Crippen LogP contribution in [0.2, 0.25) is 0 Å². The molecule has 7 aromatic carbocycles. The number of anilines is 4. The highest BCUT2D eigenvalue weighted by Gasteiger charge is 2.17. The predicted octanol–water partition coefficient (Wildman–Crippen LogP) is 11.9. The number of aromatic nitrogens is 1. The van der Waals surface area contributed by atoms with E-state index in [9.17, 15) is 0 Å². The quantitative estimate of drug-likeness (QED) is 0.198. The number of nitrogens with zero attached hydrogens (tertiary/aromatic N) is 2. The third-order valence-corrected chi connectivity index (χ3v) is 10.1. The standard InChI is InChI=1S/C42H29N3S/c43-37-13-8-15-39-42(37)35-12-4-6-14-38(35)45(39)32-23-21-31(22-24-32)44(30-19-17-29(18-20-30)28-9-2-1-3-10-28)33-25-26-41-36(27-33)34-11-5-7-16-40(34)46-41/h1-27H,43H2. The topological polar surface area (TPSA) is 34.2 Å². The molecule has 0 unspecified atom stereocenters. The molecule has 0 amide bonds. The van der Waals surface area contributed by atoms with E-state index in [4.69, 9.17) is 5.73 Å². The summed E-state index contributed by atoms with van der Waals surface area (Å²) in [6.45, 7) is 0. The lowest BCUT2D eigenvalue weighted by Crippen LogP contribution is -2.10. The zero-order valence-corrected chi connectivity index (χ0v) is 25.8. The molecule has 9 rings (SSSR count). The van der Waals surface area contributed by atoms with Gasteiger partial charge in [0.25, 0.3) is 0 Å². The van der Waals surface area contributed by atoms with Crippen LogP contribution in [0.1, 0.15) is 0 Å². The molecule has 9 aromatic rings. The van der Waals surface area contributed by atoms with Gasteiger partial charge in [-0.15, -0.1) is 11.3 Å². The van der Waals surface area contributed by atoms with Gasteiger partial charge >= 0.3 is 0 Å². The Labute approximate surface area is 271 Å². The summed E-state index contributed by atoms with van der Waals surface area (Å²) in [5.74, 6) is 0. The summed E-state index contributed by atoms with van der Waals surface area (Å²) in [4.78, 5) is 2.36. The van der Waals surface area contributed by atoms with E-state index in [1.54, 1.807) is 0 Å². The average molecular weight is 608 g/mol. The van der Waals surface area contributed by atoms with Crippen molar-refractivity contribution in [2.75, 3.05) is 10.6 Å². The molecular weight excluding hydrogens is 579 g/mol. The molecule has 0 aliphatic heterocycles. The number of para-hydroxylation sites is 1. The van der Waals surface area contributed by atoms with E-state index < -0.39 is 0 Å². The first kappa shape index (κ1) is 26.6. The Morgan fingerprint density at radius 3 is 1.87 bits per heavy atom. The van der Waals surface area contributed by atoms with Crippen molar-refractivity contribution in [3.8, 4) is 16.8 Å². The van der Waals surface area contributed by atoms with Gasteiger partial charge < -0.3 is 15.2 Å². The van der Waals surface area contributed by atoms with Crippen LogP contribution in [0.5, 0.6) is 0 Å². The van der Waals surface area contributed by atoms with Crippen molar-refractivity contribution in [2.24, 2.45) is 0 Å². The second-order valence-electron chi connectivity index (χ2n) is 11.6. The van der Waals surface area contributed by atoms with Crippen LogP contribution in [-0.2, 0) is 0 Å². The number of nitrogen functional groups attached to an aromatic ring is 1. The van der Waals surface area contributed by atoms with Crippen LogP contribution in [0.4, 0.5) is 22.7 Å². The second kappa shape index (κ2) is 10.7. The Balaban J connectivity index is 1.20. The van der Waals surface area contributed by atoms with E-state index in [2.05, 4.69) is 161 Å². The van der Waals surface area contributed by atoms with Gasteiger partial charge in [-0.2, -0.15) is 0 Å². The predicted molar refractivity (Wildman–Crippen MR) is 198 cm³/mol. The summed E-state index contributed by atoms with van der Waals surface area (Å²) in [5, 5.41) is 4.84. The number of hydrogen-bond donors (Lipinski definition) is 1. The lowest BCUT2D eigenvalue weighted by atomic mass is 10.0. The summed E-state index contributed by atoms with van der Waals surface area (Å²) in [7, 11) is 0. The van der Waals surface area contributed by atoms with E-state index >= 15 is 0 Å². The van der Waals surface area contributed by atoms with E-state index in [0.29, 0.717) is 0 Å². The molecule has 0 aliphatic carbocycles. The fourth-order valence-electron chi connectivity index (χ4n) is 6.81. The van der Waals surface area contributed by atoms with Crippen LogP contribution < -0.4 is 10.6 Å².